The first-order chi connectivity index (χ1) is 10.6. The second-order valence-corrected chi connectivity index (χ2v) is 22.3. The number of hydrogen-bond donors (Lipinski definition) is 0. The number of hydrogen-bond acceptors (Lipinski definition) is 6. The van der Waals surface area contributed by atoms with Crippen LogP contribution in [0.2, 0.25) is 58.9 Å². The van der Waals surface area contributed by atoms with Crippen LogP contribution in [0, 0.1) is 0 Å². The summed E-state index contributed by atoms with van der Waals surface area (Å²) in [5.41, 5.74) is 0. The molecule has 0 aliphatic rings. The Labute approximate surface area is 152 Å². The van der Waals surface area contributed by atoms with Crippen LogP contribution in [0.15, 0.2) is 11.7 Å². The highest BCUT2D eigenvalue weighted by molar-refractivity contribution is 6.71. The molecule has 0 atom stereocenters. The van der Waals surface area contributed by atoms with Crippen molar-refractivity contribution in [3.63, 3.8) is 0 Å². The topological polar surface area (TPSA) is 63.2 Å². The van der Waals surface area contributed by atoms with E-state index >= 15 is 0 Å². The molecule has 0 unspecified atom stereocenters. The first-order valence-electron chi connectivity index (χ1n) is 8.12. The lowest BCUT2D eigenvalue weighted by atomic mass is 10.5. The third-order valence-corrected chi connectivity index (χ3v) is 4.92. The molecule has 0 aliphatic heterocycles. The molecule has 0 bridgehead atoms. The Morgan fingerprint density at radius 1 is 0.750 bits per heavy atom. The van der Waals surface area contributed by atoms with Crippen LogP contribution in [0.5, 0.6) is 0 Å². The summed E-state index contributed by atoms with van der Waals surface area (Å²) < 4.78 is 28.4. The Hall–Kier alpha value is -0.562. The zero-order chi connectivity index (χ0) is 19.2. The van der Waals surface area contributed by atoms with Gasteiger partial charge in [0.15, 0.2) is 0 Å². The van der Waals surface area contributed by atoms with Gasteiger partial charge in [0.25, 0.3) is 5.76 Å². The molecule has 0 aliphatic carbocycles. The number of carbonyl (C=O) groups excluding carboxylic acids is 1. The molecule has 10 heteroatoms. The molecule has 0 aromatic heterocycles. The minimum atomic E-state index is -2.06. The van der Waals surface area contributed by atoms with Gasteiger partial charge in [0.2, 0.25) is 25.0 Å². The van der Waals surface area contributed by atoms with Gasteiger partial charge in [-0.15, -0.1) is 0 Å². The average Bonchev–Trinajstić information content (AvgIpc) is 2.30. The van der Waals surface area contributed by atoms with Crippen LogP contribution in [0.3, 0.4) is 0 Å². The molecule has 0 amide bonds. The molecule has 0 radical (unpaired) electrons. The SMILES string of the molecule is C[Si](C)(C)OC(O[Si](C)(C)C)=C(O[Si](C)(C)C)C(=O)OCCO[SiH3]. The summed E-state index contributed by atoms with van der Waals surface area (Å²) in [6.07, 6.45) is 0. The maximum Gasteiger partial charge on any atom is 0.379 e. The van der Waals surface area contributed by atoms with Crippen LogP contribution in [-0.4, -0.2) is 54.6 Å². The van der Waals surface area contributed by atoms with Crippen LogP contribution in [0.25, 0.3) is 0 Å². The summed E-state index contributed by atoms with van der Waals surface area (Å²) in [6.45, 7) is 18.8. The smallest absolute Gasteiger partial charge is 0.379 e. The van der Waals surface area contributed by atoms with Crippen LogP contribution in [0.1, 0.15) is 0 Å². The van der Waals surface area contributed by atoms with E-state index in [1.54, 1.807) is 0 Å². The molecule has 0 fully saturated rings. The summed E-state index contributed by atoms with van der Waals surface area (Å²) in [7, 11) is -5.44. The Bertz CT molecular complexity index is 428. The zero-order valence-corrected chi connectivity index (χ0v) is 21.9. The van der Waals surface area contributed by atoms with Crippen molar-refractivity contribution in [2.45, 2.75) is 58.9 Å². The van der Waals surface area contributed by atoms with Crippen LogP contribution in [-0.2, 0) is 27.2 Å². The second-order valence-electron chi connectivity index (χ2n) is 8.39. The van der Waals surface area contributed by atoms with Crippen molar-refractivity contribution in [2.24, 2.45) is 0 Å². The second kappa shape index (κ2) is 9.22. The van der Waals surface area contributed by atoms with Crippen molar-refractivity contribution in [2.75, 3.05) is 13.2 Å². The quantitative estimate of drug-likeness (QED) is 0.181. The fraction of sp³-hybridized carbons (Fsp3) is 0.786. The standard InChI is InChI=1S/C14H34O6Si4/c1-22(2,3)18-12(13(15)16-10-11-17-21)14(19-23(4,5)6)20-24(7,8)9/h10-11H2,1-9,21H3. The van der Waals surface area contributed by atoms with E-state index in [9.17, 15) is 4.79 Å². The fourth-order valence-electron chi connectivity index (χ4n) is 1.43. The highest BCUT2D eigenvalue weighted by atomic mass is 28.4. The normalized spacial score (nSPS) is 12.5. The van der Waals surface area contributed by atoms with Crippen molar-refractivity contribution < 1.29 is 27.2 Å². The van der Waals surface area contributed by atoms with Crippen molar-refractivity contribution in [1.82, 2.24) is 0 Å². The van der Waals surface area contributed by atoms with Gasteiger partial charge < -0.3 is 22.4 Å². The Kier molecular flexibility index (Phi) is 9.01. The van der Waals surface area contributed by atoms with Gasteiger partial charge in [-0.25, -0.2) is 4.79 Å². The largest absolute Gasteiger partial charge is 0.535 e. The van der Waals surface area contributed by atoms with E-state index in [0.717, 1.165) is 0 Å². The summed E-state index contributed by atoms with van der Waals surface area (Å²) in [6, 6.07) is 0. The van der Waals surface area contributed by atoms with Gasteiger partial charge in [-0.05, 0) is 58.9 Å². The fourth-order valence-corrected chi connectivity index (χ4v) is 3.84. The highest BCUT2D eigenvalue weighted by Gasteiger charge is 2.34. The lowest BCUT2D eigenvalue weighted by Crippen LogP contribution is -2.36. The van der Waals surface area contributed by atoms with E-state index in [2.05, 4.69) is 0 Å². The van der Waals surface area contributed by atoms with Gasteiger partial charge in [-0.2, -0.15) is 0 Å². The third kappa shape index (κ3) is 11.9. The molecular formula is C14H34O6Si4. The monoisotopic (exact) mass is 410 g/mol. The molecule has 0 saturated carbocycles. The molecule has 0 rings (SSSR count). The van der Waals surface area contributed by atoms with Gasteiger partial charge in [0.05, 0.1) is 6.61 Å². The average molecular weight is 411 g/mol. The lowest BCUT2D eigenvalue weighted by Gasteiger charge is -2.30. The van der Waals surface area contributed by atoms with E-state index in [4.69, 9.17) is 22.4 Å². The maximum atomic E-state index is 12.6. The Balaban J connectivity index is 5.77. The summed E-state index contributed by atoms with van der Waals surface area (Å²) in [4.78, 5) is 12.6. The van der Waals surface area contributed by atoms with Crippen molar-refractivity contribution in [3.05, 3.63) is 11.7 Å². The third-order valence-electron chi connectivity index (χ3n) is 2.10. The number of ether oxygens (including phenoxy) is 1. The summed E-state index contributed by atoms with van der Waals surface area (Å²) in [5, 5.41) is 0. The molecule has 0 aromatic rings. The Morgan fingerprint density at radius 2 is 1.17 bits per heavy atom. The molecule has 0 spiro atoms. The maximum absolute atomic E-state index is 12.6. The molecular weight excluding hydrogens is 376 g/mol. The highest BCUT2D eigenvalue weighted by Crippen LogP contribution is 2.24. The van der Waals surface area contributed by atoms with Crippen molar-refractivity contribution >= 4 is 41.4 Å². The van der Waals surface area contributed by atoms with Crippen molar-refractivity contribution in [3.8, 4) is 0 Å². The summed E-state index contributed by atoms with van der Waals surface area (Å²) >= 11 is 0. The molecule has 6 nitrogen and oxygen atoms in total. The lowest BCUT2D eigenvalue weighted by molar-refractivity contribution is -0.143. The van der Waals surface area contributed by atoms with Crippen LogP contribution in [0.4, 0.5) is 0 Å². The van der Waals surface area contributed by atoms with Gasteiger partial charge in [-0.1, -0.05) is 0 Å². The predicted molar refractivity (Wildman–Crippen MR) is 107 cm³/mol. The molecule has 0 aromatic carbocycles. The van der Waals surface area contributed by atoms with Gasteiger partial charge >= 0.3 is 11.9 Å². The van der Waals surface area contributed by atoms with Crippen LogP contribution >= 0.6 is 0 Å². The number of carbonyl (C=O) groups is 1. The molecule has 142 valence electrons. The van der Waals surface area contributed by atoms with Crippen molar-refractivity contribution in [1.29, 1.82) is 0 Å². The first kappa shape index (κ1) is 23.4. The van der Waals surface area contributed by atoms with E-state index in [1.807, 2.05) is 58.9 Å². The van der Waals surface area contributed by atoms with E-state index in [-0.39, 0.29) is 18.3 Å². The van der Waals surface area contributed by atoms with E-state index in [0.29, 0.717) is 17.1 Å². The zero-order valence-electron chi connectivity index (χ0n) is 16.9. The summed E-state index contributed by atoms with van der Waals surface area (Å²) in [5.74, 6) is -0.303. The van der Waals surface area contributed by atoms with E-state index in [1.165, 1.54) is 0 Å². The predicted octanol–water partition coefficient (Wildman–Crippen LogP) is 2.55. The van der Waals surface area contributed by atoms with Gasteiger partial charge in [0.1, 0.15) is 17.1 Å². The Morgan fingerprint density at radius 3 is 1.50 bits per heavy atom. The minimum Gasteiger partial charge on any atom is -0.535 e. The van der Waals surface area contributed by atoms with Gasteiger partial charge in [-0.3, -0.25) is 0 Å². The minimum absolute atomic E-state index is 0.0624. The number of rotatable bonds is 10. The molecule has 0 saturated heterocycles. The first-order valence-corrected chi connectivity index (χ1v) is 19.2. The van der Waals surface area contributed by atoms with Gasteiger partial charge in [0, 0.05) is 0 Å². The van der Waals surface area contributed by atoms with Crippen LogP contribution < -0.4 is 0 Å². The molecule has 24 heavy (non-hydrogen) atoms. The number of esters is 1. The van der Waals surface area contributed by atoms with E-state index < -0.39 is 30.9 Å². The molecule has 0 N–H and O–H groups in total. The molecule has 0 heterocycles.